The van der Waals surface area contributed by atoms with Crippen LogP contribution in [0.15, 0.2) is 54.5 Å². The van der Waals surface area contributed by atoms with E-state index in [4.69, 9.17) is 4.84 Å². The second-order valence-electron chi connectivity index (χ2n) is 5.05. The third kappa shape index (κ3) is 2.75. The minimum atomic E-state index is 0.577. The summed E-state index contributed by atoms with van der Waals surface area (Å²) < 4.78 is 1.90. The van der Waals surface area contributed by atoms with Gasteiger partial charge in [0, 0.05) is 18.1 Å². The lowest BCUT2D eigenvalue weighted by atomic mass is 9.86. The van der Waals surface area contributed by atoms with Gasteiger partial charge in [0.05, 0.1) is 12.8 Å². The summed E-state index contributed by atoms with van der Waals surface area (Å²) in [6, 6.07) is 10.6. The summed E-state index contributed by atoms with van der Waals surface area (Å²) in [6.45, 7) is 0. The van der Waals surface area contributed by atoms with Gasteiger partial charge in [0.15, 0.2) is 0 Å². The third-order valence-electron chi connectivity index (χ3n) is 3.75. The summed E-state index contributed by atoms with van der Waals surface area (Å²) >= 11 is 0. The highest BCUT2D eigenvalue weighted by Gasteiger charge is 2.16. The highest BCUT2D eigenvalue weighted by atomic mass is 16.6. The Hall–Kier alpha value is -2.07. The zero-order valence-electron chi connectivity index (χ0n) is 11.6. The minimum Gasteiger partial charge on any atom is -0.280 e. The number of benzene rings is 1. The predicted molar refractivity (Wildman–Crippen MR) is 78.4 cm³/mol. The van der Waals surface area contributed by atoms with Crippen molar-refractivity contribution in [3.63, 3.8) is 0 Å². The van der Waals surface area contributed by atoms with Gasteiger partial charge in [0.1, 0.15) is 0 Å². The smallest absolute Gasteiger partial charge is 0.0648 e. The van der Waals surface area contributed by atoms with Crippen LogP contribution in [0.3, 0.4) is 0 Å². The van der Waals surface area contributed by atoms with E-state index in [1.54, 1.807) is 13.3 Å². The van der Waals surface area contributed by atoms with Crippen molar-refractivity contribution >= 4 is 0 Å². The summed E-state index contributed by atoms with van der Waals surface area (Å²) in [7, 11) is 1.65. The molecule has 1 aliphatic rings. The molecule has 20 heavy (non-hydrogen) atoms. The molecule has 0 bridgehead atoms. The summed E-state index contributed by atoms with van der Waals surface area (Å²) in [5, 5.41) is 4.29. The van der Waals surface area contributed by atoms with Crippen LogP contribution in [0.2, 0.25) is 0 Å². The van der Waals surface area contributed by atoms with Crippen molar-refractivity contribution in [3.05, 3.63) is 60.1 Å². The molecule has 0 radical (unpaired) electrons. The van der Waals surface area contributed by atoms with E-state index in [2.05, 4.69) is 40.9 Å². The lowest BCUT2D eigenvalue weighted by Gasteiger charge is -2.22. The molecule has 1 aliphatic carbocycles. The van der Waals surface area contributed by atoms with Crippen molar-refractivity contribution in [2.75, 3.05) is 7.11 Å². The van der Waals surface area contributed by atoms with Gasteiger partial charge in [-0.05, 0) is 48.9 Å². The zero-order chi connectivity index (χ0) is 13.8. The van der Waals surface area contributed by atoms with Gasteiger partial charge in [0.2, 0.25) is 0 Å². The Morgan fingerprint density at radius 3 is 3.00 bits per heavy atom. The minimum absolute atomic E-state index is 0.577. The Balaban J connectivity index is 1.77. The van der Waals surface area contributed by atoms with Crippen LogP contribution >= 0.6 is 0 Å². The molecule has 1 aromatic heterocycles. The molecule has 1 aromatic carbocycles. The molecular weight excluding hydrogens is 250 g/mol. The largest absolute Gasteiger partial charge is 0.280 e. The topological polar surface area (TPSA) is 39.1 Å². The van der Waals surface area contributed by atoms with E-state index in [0.717, 1.165) is 24.9 Å². The number of hydrogen-bond donors (Lipinski definition) is 1. The maximum absolute atomic E-state index is 4.96. The van der Waals surface area contributed by atoms with Crippen LogP contribution in [0.1, 0.15) is 30.7 Å². The molecule has 3 rings (SSSR count). The van der Waals surface area contributed by atoms with E-state index in [9.17, 15) is 0 Å². The molecule has 0 amide bonds. The first-order valence-electron chi connectivity index (χ1n) is 6.95. The van der Waals surface area contributed by atoms with Crippen LogP contribution < -0.4 is 5.48 Å². The van der Waals surface area contributed by atoms with E-state index < -0.39 is 0 Å². The molecule has 0 saturated heterocycles. The number of allylic oxidation sites excluding steroid dienone is 2. The van der Waals surface area contributed by atoms with E-state index in [1.165, 1.54) is 11.3 Å². The molecule has 1 unspecified atom stereocenters. The van der Waals surface area contributed by atoms with E-state index in [1.807, 2.05) is 16.9 Å². The summed E-state index contributed by atoms with van der Waals surface area (Å²) in [5.41, 5.74) is 6.63. The third-order valence-corrected chi connectivity index (χ3v) is 3.75. The summed E-state index contributed by atoms with van der Waals surface area (Å²) in [5.74, 6) is 0.577. The average molecular weight is 269 g/mol. The Morgan fingerprint density at radius 2 is 2.30 bits per heavy atom. The fraction of sp³-hybridized carbons (Fsp3) is 0.312. The molecule has 4 heteroatoms. The lowest BCUT2D eigenvalue weighted by Crippen LogP contribution is -2.16. The van der Waals surface area contributed by atoms with Crippen LogP contribution in [-0.4, -0.2) is 16.9 Å². The Kier molecular flexibility index (Phi) is 3.83. The molecule has 2 aromatic rings. The molecule has 4 nitrogen and oxygen atoms in total. The van der Waals surface area contributed by atoms with Gasteiger partial charge in [-0.25, -0.2) is 4.68 Å². The molecule has 1 heterocycles. The van der Waals surface area contributed by atoms with Crippen molar-refractivity contribution in [2.45, 2.75) is 25.2 Å². The second kappa shape index (κ2) is 5.92. The van der Waals surface area contributed by atoms with Crippen molar-refractivity contribution in [1.29, 1.82) is 0 Å². The molecule has 0 saturated carbocycles. The van der Waals surface area contributed by atoms with Crippen molar-refractivity contribution < 1.29 is 4.84 Å². The first-order chi connectivity index (χ1) is 9.86. The van der Waals surface area contributed by atoms with Gasteiger partial charge in [-0.3, -0.25) is 10.3 Å². The highest BCUT2D eigenvalue weighted by molar-refractivity contribution is 5.37. The van der Waals surface area contributed by atoms with Gasteiger partial charge in [-0.2, -0.15) is 5.10 Å². The van der Waals surface area contributed by atoms with E-state index >= 15 is 0 Å². The van der Waals surface area contributed by atoms with Crippen molar-refractivity contribution in [1.82, 2.24) is 15.3 Å². The van der Waals surface area contributed by atoms with Gasteiger partial charge < -0.3 is 0 Å². The van der Waals surface area contributed by atoms with Crippen LogP contribution in [0, 0.1) is 0 Å². The quantitative estimate of drug-likeness (QED) is 0.866. The fourth-order valence-electron chi connectivity index (χ4n) is 2.70. The van der Waals surface area contributed by atoms with Crippen LogP contribution in [0.5, 0.6) is 0 Å². The molecule has 0 aliphatic heterocycles. The molecular formula is C16H19N3O. The van der Waals surface area contributed by atoms with Gasteiger partial charge in [0.25, 0.3) is 0 Å². The summed E-state index contributed by atoms with van der Waals surface area (Å²) in [6.07, 6.45) is 9.24. The van der Waals surface area contributed by atoms with Gasteiger partial charge >= 0.3 is 0 Å². The highest BCUT2D eigenvalue weighted by Crippen LogP contribution is 2.32. The number of nitrogens with one attached hydrogen (secondary N) is 1. The van der Waals surface area contributed by atoms with Crippen molar-refractivity contribution in [3.8, 4) is 5.69 Å². The average Bonchev–Trinajstić information content (AvgIpc) is 3.03. The normalized spacial score (nSPS) is 18.6. The number of rotatable bonds is 4. The number of hydrogen-bond acceptors (Lipinski definition) is 3. The van der Waals surface area contributed by atoms with Gasteiger partial charge in [-0.15, -0.1) is 0 Å². The first kappa shape index (κ1) is 12.9. The lowest BCUT2D eigenvalue weighted by molar-refractivity contribution is 0.112. The van der Waals surface area contributed by atoms with Gasteiger partial charge in [-0.1, -0.05) is 18.2 Å². The monoisotopic (exact) mass is 269 g/mol. The Labute approximate surface area is 119 Å². The number of nitrogens with zero attached hydrogens (tertiary/aromatic N) is 2. The van der Waals surface area contributed by atoms with Crippen LogP contribution in [-0.2, 0) is 4.84 Å². The Bertz CT molecular complexity index is 590. The van der Waals surface area contributed by atoms with Crippen LogP contribution in [0.25, 0.3) is 5.69 Å². The zero-order valence-corrected chi connectivity index (χ0v) is 11.6. The number of hydroxylamine groups is 1. The maximum atomic E-state index is 4.96. The maximum Gasteiger partial charge on any atom is 0.0648 e. The van der Waals surface area contributed by atoms with Crippen molar-refractivity contribution in [2.24, 2.45) is 0 Å². The standard InChI is InChI=1S/C16H19N3O/c1-20-18-15-8-6-13(7-9-15)14-4-2-5-16(12-14)19-11-3-10-17-19/h2-5,8,10-13,18H,6-7,9H2,1H3. The molecule has 104 valence electrons. The Morgan fingerprint density at radius 1 is 1.35 bits per heavy atom. The van der Waals surface area contributed by atoms with E-state index in [0.29, 0.717) is 5.92 Å². The fourth-order valence-corrected chi connectivity index (χ4v) is 2.70. The second-order valence-corrected chi connectivity index (χ2v) is 5.05. The summed E-state index contributed by atoms with van der Waals surface area (Å²) in [4.78, 5) is 4.96. The van der Waals surface area contributed by atoms with E-state index in [-0.39, 0.29) is 0 Å². The molecule has 0 spiro atoms. The molecule has 1 atom stereocenters. The molecule has 1 N–H and O–H groups in total. The number of aromatic nitrogens is 2. The predicted octanol–water partition coefficient (Wildman–Crippen LogP) is 3.17. The SMILES string of the molecule is CONC1=CCC(c2cccc(-n3cccn3)c2)CC1. The van der Waals surface area contributed by atoms with Crippen LogP contribution in [0.4, 0.5) is 0 Å². The first-order valence-corrected chi connectivity index (χ1v) is 6.95. The molecule has 0 fully saturated rings.